The van der Waals surface area contributed by atoms with Gasteiger partial charge in [0.2, 0.25) is 5.91 Å². The van der Waals surface area contributed by atoms with Gasteiger partial charge in [-0.2, -0.15) is 0 Å². The largest absolute Gasteiger partial charge is 0.340 e. The van der Waals surface area contributed by atoms with Crippen LogP contribution in [0.1, 0.15) is 18.4 Å². The zero-order chi connectivity index (χ0) is 13.2. The second-order valence-corrected chi connectivity index (χ2v) is 6.42. The summed E-state index contributed by atoms with van der Waals surface area (Å²) in [6.45, 7) is 4.74. The summed E-state index contributed by atoms with van der Waals surface area (Å²) in [6.07, 6.45) is 2.22. The molecule has 102 valence electrons. The SMILES string of the molecule is O=C(C1CC1)N1CCN(Cc2cccc(Br)c2)CC1. The predicted molar refractivity (Wildman–Crippen MR) is 78.7 cm³/mol. The molecular weight excluding hydrogens is 304 g/mol. The van der Waals surface area contributed by atoms with Crippen molar-refractivity contribution in [2.75, 3.05) is 26.2 Å². The molecule has 19 heavy (non-hydrogen) atoms. The van der Waals surface area contributed by atoms with Gasteiger partial charge in [0.15, 0.2) is 0 Å². The molecular formula is C15H19BrN2O. The van der Waals surface area contributed by atoms with Gasteiger partial charge < -0.3 is 4.90 Å². The lowest BCUT2D eigenvalue weighted by molar-refractivity contribution is -0.134. The molecule has 1 aromatic rings. The van der Waals surface area contributed by atoms with E-state index in [1.54, 1.807) is 0 Å². The highest BCUT2D eigenvalue weighted by molar-refractivity contribution is 9.10. The van der Waals surface area contributed by atoms with Crippen molar-refractivity contribution >= 4 is 21.8 Å². The Morgan fingerprint density at radius 3 is 2.58 bits per heavy atom. The highest BCUT2D eigenvalue weighted by Gasteiger charge is 2.34. The van der Waals surface area contributed by atoms with Gasteiger partial charge in [-0.1, -0.05) is 28.1 Å². The van der Waals surface area contributed by atoms with Crippen molar-refractivity contribution in [1.82, 2.24) is 9.80 Å². The average molecular weight is 323 g/mol. The number of piperazine rings is 1. The highest BCUT2D eigenvalue weighted by Crippen LogP contribution is 2.31. The molecule has 2 aliphatic rings. The van der Waals surface area contributed by atoms with E-state index in [4.69, 9.17) is 0 Å². The standard InChI is InChI=1S/C15H19BrN2O/c16-14-3-1-2-12(10-14)11-17-6-8-18(9-7-17)15(19)13-4-5-13/h1-3,10,13H,4-9,11H2. The summed E-state index contributed by atoms with van der Waals surface area (Å²) in [4.78, 5) is 16.5. The fourth-order valence-corrected chi connectivity index (χ4v) is 3.06. The van der Waals surface area contributed by atoms with Crippen molar-refractivity contribution in [3.63, 3.8) is 0 Å². The first kappa shape index (κ1) is 13.1. The molecule has 1 amide bonds. The first-order valence-electron chi connectivity index (χ1n) is 6.98. The predicted octanol–water partition coefficient (Wildman–Crippen LogP) is 2.50. The number of nitrogens with zero attached hydrogens (tertiary/aromatic N) is 2. The van der Waals surface area contributed by atoms with Crippen molar-refractivity contribution in [1.29, 1.82) is 0 Å². The Hall–Kier alpha value is -0.870. The van der Waals surface area contributed by atoms with Crippen LogP contribution in [0.3, 0.4) is 0 Å². The van der Waals surface area contributed by atoms with E-state index in [0.717, 1.165) is 50.0 Å². The number of hydrogen-bond donors (Lipinski definition) is 0. The lowest BCUT2D eigenvalue weighted by Crippen LogP contribution is -2.48. The molecule has 0 aromatic heterocycles. The maximum atomic E-state index is 12.0. The quantitative estimate of drug-likeness (QED) is 0.853. The Kier molecular flexibility index (Phi) is 3.89. The van der Waals surface area contributed by atoms with Gasteiger partial charge in [-0.15, -0.1) is 0 Å². The van der Waals surface area contributed by atoms with Gasteiger partial charge in [0.1, 0.15) is 0 Å². The van der Waals surface area contributed by atoms with Gasteiger partial charge in [-0.3, -0.25) is 9.69 Å². The van der Waals surface area contributed by atoms with Gasteiger partial charge in [-0.25, -0.2) is 0 Å². The van der Waals surface area contributed by atoms with Crippen molar-refractivity contribution in [3.8, 4) is 0 Å². The maximum Gasteiger partial charge on any atom is 0.225 e. The number of hydrogen-bond acceptors (Lipinski definition) is 2. The van der Waals surface area contributed by atoms with E-state index in [0.29, 0.717) is 11.8 Å². The van der Waals surface area contributed by atoms with Crippen molar-refractivity contribution in [2.24, 2.45) is 5.92 Å². The topological polar surface area (TPSA) is 23.6 Å². The molecule has 0 radical (unpaired) electrons. The Labute approximate surface area is 122 Å². The van der Waals surface area contributed by atoms with Crippen molar-refractivity contribution < 1.29 is 4.79 Å². The molecule has 4 heteroatoms. The van der Waals surface area contributed by atoms with Crippen molar-refractivity contribution in [3.05, 3.63) is 34.3 Å². The summed E-state index contributed by atoms with van der Waals surface area (Å²) in [5.74, 6) is 0.749. The molecule has 1 aromatic carbocycles. The molecule has 0 spiro atoms. The van der Waals surface area contributed by atoms with Gasteiger partial charge in [-0.05, 0) is 30.5 Å². The third-order valence-electron chi connectivity index (χ3n) is 3.91. The van der Waals surface area contributed by atoms with Crippen LogP contribution in [0, 0.1) is 5.92 Å². The lowest BCUT2D eigenvalue weighted by atomic mass is 10.2. The molecule has 1 aliphatic heterocycles. The first-order chi connectivity index (χ1) is 9.22. The van der Waals surface area contributed by atoms with Crippen LogP contribution in [0.2, 0.25) is 0 Å². The highest BCUT2D eigenvalue weighted by atomic mass is 79.9. The Morgan fingerprint density at radius 2 is 1.95 bits per heavy atom. The van der Waals surface area contributed by atoms with Gasteiger partial charge >= 0.3 is 0 Å². The van der Waals surface area contributed by atoms with Crippen molar-refractivity contribution in [2.45, 2.75) is 19.4 Å². The Balaban J connectivity index is 1.51. The van der Waals surface area contributed by atoms with E-state index in [9.17, 15) is 4.79 Å². The molecule has 3 nitrogen and oxygen atoms in total. The minimum absolute atomic E-state index is 0.358. The number of carbonyl (C=O) groups excluding carboxylic acids is 1. The molecule has 1 aliphatic carbocycles. The van der Waals surface area contributed by atoms with Gasteiger partial charge in [0.05, 0.1) is 0 Å². The van der Waals surface area contributed by atoms with Crippen LogP contribution >= 0.6 is 15.9 Å². The van der Waals surface area contributed by atoms with Gasteiger partial charge in [0.25, 0.3) is 0 Å². The van der Waals surface area contributed by atoms with Crippen LogP contribution in [0.15, 0.2) is 28.7 Å². The number of benzene rings is 1. The van der Waals surface area contributed by atoms with E-state index in [1.807, 2.05) is 0 Å². The molecule has 0 N–H and O–H groups in total. The number of amides is 1. The molecule has 2 fully saturated rings. The fraction of sp³-hybridized carbons (Fsp3) is 0.533. The molecule has 0 unspecified atom stereocenters. The fourth-order valence-electron chi connectivity index (χ4n) is 2.61. The van der Waals surface area contributed by atoms with E-state index in [-0.39, 0.29) is 0 Å². The van der Waals surface area contributed by atoms with Crippen LogP contribution < -0.4 is 0 Å². The normalized spacial score (nSPS) is 20.6. The summed E-state index contributed by atoms with van der Waals surface area (Å²) in [5.41, 5.74) is 1.33. The molecule has 0 atom stereocenters. The number of carbonyl (C=O) groups is 1. The van der Waals surface area contributed by atoms with Gasteiger partial charge in [0, 0.05) is 43.1 Å². The second-order valence-electron chi connectivity index (χ2n) is 5.51. The Morgan fingerprint density at radius 1 is 1.21 bits per heavy atom. The average Bonchev–Trinajstić information content (AvgIpc) is 3.23. The van der Waals surface area contributed by atoms with E-state index in [1.165, 1.54) is 5.56 Å². The number of rotatable bonds is 3. The van der Waals surface area contributed by atoms with E-state index < -0.39 is 0 Å². The first-order valence-corrected chi connectivity index (χ1v) is 7.77. The summed E-state index contributed by atoms with van der Waals surface area (Å²) >= 11 is 3.51. The zero-order valence-corrected chi connectivity index (χ0v) is 12.6. The summed E-state index contributed by atoms with van der Waals surface area (Å²) in [6, 6.07) is 8.45. The van der Waals surface area contributed by atoms with Crippen LogP contribution in [0.5, 0.6) is 0 Å². The third kappa shape index (κ3) is 3.37. The molecule has 1 heterocycles. The van der Waals surface area contributed by atoms with E-state index >= 15 is 0 Å². The smallest absolute Gasteiger partial charge is 0.225 e. The van der Waals surface area contributed by atoms with Crippen LogP contribution in [0.25, 0.3) is 0 Å². The van der Waals surface area contributed by atoms with Crippen LogP contribution in [-0.2, 0) is 11.3 Å². The lowest BCUT2D eigenvalue weighted by Gasteiger charge is -2.35. The Bertz CT molecular complexity index is 465. The van der Waals surface area contributed by atoms with E-state index in [2.05, 4.69) is 50.0 Å². The monoisotopic (exact) mass is 322 g/mol. The van der Waals surface area contributed by atoms with Crippen LogP contribution in [0.4, 0.5) is 0 Å². The maximum absolute atomic E-state index is 12.0. The summed E-state index contributed by atoms with van der Waals surface area (Å²) < 4.78 is 1.13. The second kappa shape index (κ2) is 5.63. The number of halogens is 1. The minimum Gasteiger partial charge on any atom is -0.340 e. The summed E-state index contributed by atoms with van der Waals surface area (Å²) in [7, 11) is 0. The molecule has 3 rings (SSSR count). The minimum atomic E-state index is 0.358. The van der Waals surface area contributed by atoms with Crippen LogP contribution in [-0.4, -0.2) is 41.9 Å². The molecule has 1 saturated carbocycles. The molecule has 1 saturated heterocycles. The molecule has 0 bridgehead atoms. The third-order valence-corrected chi connectivity index (χ3v) is 4.40. The zero-order valence-electron chi connectivity index (χ0n) is 11.0. The summed E-state index contributed by atoms with van der Waals surface area (Å²) in [5, 5.41) is 0.